The third-order valence-corrected chi connectivity index (χ3v) is 5.95. The van der Waals surface area contributed by atoms with Gasteiger partial charge in [-0.3, -0.25) is 0 Å². The van der Waals surface area contributed by atoms with Crippen molar-refractivity contribution in [1.29, 1.82) is 0 Å². The largest absolute Gasteiger partial charge is 0.151 e. The predicted octanol–water partition coefficient (Wildman–Crippen LogP) is 2.89. The molecule has 9 heavy (non-hydrogen) atoms. The maximum Gasteiger partial charge on any atom is 0.0596 e. The first kappa shape index (κ1) is 8.15. The molecule has 0 radical (unpaired) electrons. The van der Waals surface area contributed by atoms with Gasteiger partial charge in [-0.25, -0.2) is 0 Å². The highest BCUT2D eigenvalue weighted by Crippen LogP contribution is 2.44. The third-order valence-electron chi connectivity index (χ3n) is 1.58. The Morgan fingerprint density at radius 3 is 2.67 bits per heavy atom. The maximum absolute atomic E-state index is 2.35. The summed E-state index contributed by atoms with van der Waals surface area (Å²) in [5.74, 6) is 1.35. The van der Waals surface area contributed by atoms with Crippen molar-refractivity contribution in [1.82, 2.24) is 0 Å². The fourth-order valence-electron chi connectivity index (χ4n) is 0.716. The van der Waals surface area contributed by atoms with E-state index in [0.717, 1.165) is 0 Å². The molecule has 1 aliphatic heterocycles. The molecule has 0 amide bonds. The summed E-state index contributed by atoms with van der Waals surface area (Å²) in [4.78, 5) is 0. The van der Waals surface area contributed by atoms with Crippen LogP contribution in [0.15, 0.2) is 0 Å². The van der Waals surface area contributed by atoms with Gasteiger partial charge in [0.2, 0.25) is 0 Å². The normalized spacial score (nSPS) is 36.7. The minimum absolute atomic E-state index is 0.533. The van der Waals surface area contributed by atoms with Crippen LogP contribution in [0.3, 0.4) is 0 Å². The van der Waals surface area contributed by atoms with Crippen molar-refractivity contribution in [3.05, 3.63) is 0 Å². The van der Waals surface area contributed by atoms with Crippen LogP contribution in [0.25, 0.3) is 0 Å². The molecule has 0 aromatic rings. The van der Waals surface area contributed by atoms with Gasteiger partial charge in [0.1, 0.15) is 0 Å². The summed E-state index contributed by atoms with van der Waals surface area (Å²) < 4.78 is 0.533. The molecule has 0 aliphatic carbocycles. The van der Waals surface area contributed by atoms with Crippen molar-refractivity contribution in [2.45, 2.75) is 17.4 Å². The van der Waals surface area contributed by atoms with Crippen LogP contribution < -0.4 is 0 Å². The molecule has 1 atom stereocenters. The van der Waals surface area contributed by atoms with Crippen LogP contribution in [-0.4, -0.2) is 21.2 Å². The highest BCUT2D eigenvalue weighted by Gasteiger charge is 2.25. The van der Waals surface area contributed by atoms with Crippen LogP contribution in [0.4, 0.5) is 0 Å². The number of hydrogen-bond acceptors (Lipinski definition) is 3. The minimum atomic E-state index is 0.533. The third kappa shape index (κ3) is 2.28. The van der Waals surface area contributed by atoms with E-state index < -0.39 is 0 Å². The first-order valence-electron chi connectivity index (χ1n) is 3.04. The minimum Gasteiger partial charge on any atom is -0.151 e. The van der Waals surface area contributed by atoms with Gasteiger partial charge < -0.3 is 0 Å². The molecule has 1 heterocycles. The second-order valence-corrected chi connectivity index (χ2v) is 6.78. The molecule has 0 bridgehead atoms. The maximum atomic E-state index is 2.35. The summed E-state index contributed by atoms with van der Waals surface area (Å²) in [5.41, 5.74) is 0. The van der Waals surface area contributed by atoms with Gasteiger partial charge in [0.15, 0.2) is 0 Å². The van der Waals surface area contributed by atoms with E-state index in [4.69, 9.17) is 0 Å². The van der Waals surface area contributed by atoms with Crippen LogP contribution in [0.2, 0.25) is 0 Å². The molecular weight excluding hydrogens is 168 g/mol. The van der Waals surface area contributed by atoms with E-state index in [0.29, 0.717) is 4.08 Å². The van der Waals surface area contributed by atoms with Gasteiger partial charge in [0, 0.05) is 5.08 Å². The average Bonchev–Trinajstić information content (AvgIpc) is 1.90. The van der Waals surface area contributed by atoms with Gasteiger partial charge >= 0.3 is 0 Å². The zero-order valence-electron chi connectivity index (χ0n) is 5.85. The Kier molecular flexibility index (Phi) is 3.12. The summed E-state index contributed by atoms with van der Waals surface area (Å²) in [5, 5.41) is 1.29. The molecule has 0 saturated carbocycles. The highest BCUT2D eigenvalue weighted by atomic mass is 32.2. The van der Waals surface area contributed by atoms with E-state index in [1.54, 1.807) is 0 Å². The van der Waals surface area contributed by atoms with Crippen molar-refractivity contribution >= 4 is 35.3 Å². The summed E-state index contributed by atoms with van der Waals surface area (Å²) in [7, 11) is 0. The van der Waals surface area contributed by atoms with Gasteiger partial charge in [0.05, 0.1) is 4.08 Å². The van der Waals surface area contributed by atoms with Crippen LogP contribution >= 0.6 is 35.3 Å². The molecule has 0 nitrogen and oxygen atoms in total. The fraction of sp³-hybridized carbons (Fsp3) is 1.00. The van der Waals surface area contributed by atoms with E-state index in [1.165, 1.54) is 17.3 Å². The fourth-order valence-corrected chi connectivity index (χ4v) is 4.79. The predicted molar refractivity (Wildman–Crippen MR) is 51.5 cm³/mol. The molecule has 1 rings (SSSR count). The van der Waals surface area contributed by atoms with Gasteiger partial charge in [0.25, 0.3) is 0 Å². The zero-order valence-corrected chi connectivity index (χ0v) is 8.30. The van der Waals surface area contributed by atoms with Crippen molar-refractivity contribution < 1.29 is 0 Å². The van der Waals surface area contributed by atoms with Gasteiger partial charge in [-0.2, -0.15) is 11.8 Å². The molecular formula is C6H12S3. The summed E-state index contributed by atoms with van der Waals surface area (Å²) in [6, 6.07) is 0. The molecule has 1 saturated heterocycles. The molecule has 0 N–H and O–H groups in total. The lowest BCUT2D eigenvalue weighted by Gasteiger charge is -2.30. The van der Waals surface area contributed by atoms with Crippen molar-refractivity contribution in [3.63, 3.8) is 0 Å². The van der Waals surface area contributed by atoms with Gasteiger partial charge in [-0.15, -0.1) is 23.5 Å². The van der Waals surface area contributed by atoms with Crippen molar-refractivity contribution in [3.8, 4) is 0 Å². The van der Waals surface area contributed by atoms with Crippen LogP contribution in [-0.2, 0) is 0 Å². The van der Waals surface area contributed by atoms with Gasteiger partial charge in [-0.05, 0) is 25.4 Å². The Morgan fingerprint density at radius 1 is 1.56 bits per heavy atom. The molecule has 3 heteroatoms. The van der Waals surface area contributed by atoms with E-state index in [2.05, 4.69) is 36.7 Å². The quantitative estimate of drug-likeness (QED) is 0.609. The molecule has 0 aromatic carbocycles. The van der Waals surface area contributed by atoms with Crippen LogP contribution in [0, 0.1) is 0 Å². The van der Waals surface area contributed by atoms with E-state index >= 15 is 0 Å². The lowest BCUT2D eigenvalue weighted by molar-refractivity contribution is 0.855. The van der Waals surface area contributed by atoms with E-state index in [1.807, 2.05) is 11.8 Å². The standard InChI is InChI=1S/C6H12S3/c1-6(7-2)3-4-8-5-9-6/h3-5H2,1-2H3. The number of thioether (sulfide) groups is 3. The van der Waals surface area contributed by atoms with Crippen molar-refractivity contribution in [2.75, 3.05) is 17.1 Å². The molecule has 54 valence electrons. The summed E-state index contributed by atoms with van der Waals surface area (Å²) in [6.45, 7) is 2.35. The first-order valence-corrected chi connectivity index (χ1v) is 6.40. The first-order chi connectivity index (χ1) is 4.27. The van der Waals surface area contributed by atoms with Crippen molar-refractivity contribution in [2.24, 2.45) is 0 Å². The Hall–Kier alpha value is 1.05. The lowest BCUT2D eigenvalue weighted by atomic mass is 10.4. The topological polar surface area (TPSA) is 0 Å². The number of hydrogen-bond donors (Lipinski definition) is 0. The molecule has 1 aliphatic rings. The zero-order chi connectivity index (χ0) is 6.74. The molecule has 0 aromatic heterocycles. The highest BCUT2D eigenvalue weighted by molar-refractivity contribution is 8.24. The van der Waals surface area contributed by atoms with E-state index in [9.17, 15) is 0 Å². The Bertz CT molecular complexity index is 86.3. The second kappa shape index (κ2) is 3.44. The monoisotopic (exact) mass is 180 g/mol. The molecule has 1 unspecified atom stereocenters. The number of rotatable bonds is 1. The summed E-state index contributed by atoms with van der Waals surface area (Å²) >= 11 is 6.15. The molecule has 0 spiro atoms. The smallest absolute Gasteiger partial charge is 0.0596 e. The Morgan fingerprint density at radius 2 is 2.33 bits per heavy atom. The molecule has 1 fully saturated rings. The SMILES string of the molecule is CSC1(C)CCSCS1. The van der Waals surface area contributed by atoms with Crippen LogP contribution in [0.5, 0.6) is 0 Å². The lowest BCUT2D eigenvalue weighted by Crippen LogP contribution is -2.19. The summed E-state index contributed by atoms with van der Waals surface area (Å²) in [6.07, 6.45) is 3.58. The average molecular weight is 180 g/mol. The van der Waals surface area contributed by atoms with E-state index in [-0.39, 0.29) is 0 Å². The second-order valence-electron chi connectivity index (χ2n) is 2.26. The Labute approximate surface area is 69.9 Å². The Balaban J connectivity index is 2.37. The van der Waals surface area contributed by atoms with Gasteiger partial charge in [-0.1, -0.05) is 0 Å². The van der Waals surface area contributed by atoms with Crippen LogP contribution in [0.1, 0.15) is 13.3 Å².